The van der Waals surface area contributed by atoms with E-state index in [-0.39, 0.29) is 17.7 Å². The number of carbonyl (C=O) groups excluding carboxylic acids is 2. The maximum Gasteiger partial charge on any atom is 0.255 e. The number of aliphatic hydroxyl groups excluding tert-OH is 1. The van der Waals surface area contributed by atoms with Crippen molar-refractivity contribution in [3.8, 4) is 17.2 Å². The molecule has 9 heteroatoms. The van der Waals surface area contributed by atoms with Gasteiger partial charge in [-0.3, -0.25) is 9.59 Å². The van der Waals surface area contributed by atoms with E-state index in [1.807, 2.05) is 0 Å². The molecule has 1 saturated heterocycles. The molecule has 0 unspecified atom stereocenters. The summed E-state index contributed by atoms with van der Waals surface area (Å²) in [5, 5.41) is 13.4. The van der Waals surface area contributed by atoms with Crippen LogP contribution in [0.15, 0.2) is 12.1 Å². The van der Waals surface area contributed by atoms with Crippen molar-refractivity contribution < 1.29 is 28.9 Å². The molecule has 2 heterocycles. The Morgan fingerprint density at radius 2 is 2.07 bits per heavy atom. The minimum absolute atomic E-state index is 0.0321. The summed E-state index contributed by atoms with van der Waals surface area (Å²) in [6, 6.07) is 3.36. The van der Waals surface area contributed by atoms with Crippen LogP contribution in [-0.2, 0) is 4.79 Å². The first-order valence-electron chi connectivity index (χ1n) is 10.4. The first-order valence-corrected chi connectivity index (χ1v) is 10.4. The first-order chi connectivity index (χ1) is 14.5. The second kappa shape index (κ2) is 10.5. The third-order valence-corrected chi connectivity index (χ3v) is 5.55. The molecule has 3 rings (SSSR count). The molecule has 0 spiro atoms. The van der Waals surface area contributed by atoms with E-state index in [0.717, 1.165) is 25.9 Å². The van der Waals surface area contributed by atoms with Crippen LogP contribution in [0.1, 0.15) is 36.0 Å². The molecule has 4 N–H and O–H groups in total. The number of aliphatic hydroxyl groups is 1. The summed E-state index contributed by atoms with van der Waals surface area (Å²) in [6.45, 7) is 3.40. The van der Waals surface area contributed by atoms with Gasteiger partial charge in [0.2, 0.25) is 11.7 Å². The molecule has 2 atom stereocenters. The van der Waals surface area contributed by atoms with Crippen LogP contribution in [-0.4, -0.2) is 74.4 Å². The summed E-state index contributed by atoms with van der Waals surface area (Å²) in [4.78, 5) is 25.8. The smallest absolute Gasteiger partial charge is 0.255 e. The SMILES string of the molecule is COc1ccc(C(=O)NC[C@@H]2CCN(CCCC(N)=O)C[C@H]2O)c2c1OCCCO2. The number of ether oxygens (including phenoxy) is 3. The Morgan fingerprint density at radius 3 is 2.77 bits per heavy atom. The van der Waals surface area contributed by atoms with Gasteiger partial charge in [0.05, 0.1) is 32.0 Å². The molecule has 1 aromatic carbocycles. The van der Waals surface area contributed by atoms with Gasteiger partial charge in [0, 0.05) is 31.8 Å². The molecular formula is C21H31N3O6. The van der Waals surface area contributed by atoms with Crippen molar-refractivity contribution in [3.05, 3.63) is 17.7 Å². The van der Waals surface area contributed by atoms with Crippen LogP contribution in [0.5, 0.6) is 17.2 Å². The van der Waals surface area contributed by atoms with Crippen molar-refractivity contribution in [2.24, 2.45) is 11.7 Å². The zero-order valence-electron chi connectivity index (χ0n) is 17.4. The number of rotatable bonds is 8. The minimum Gasteiger partial charge on any atom is -0.493 e. The molecule has 0 saturated carbocycles. The van der Waals surface area contributed by atoms with E-state index in [9.17, 15) is 14.7 Å². The monoisotopic (exact) mass is 421 g/mol. The van der Waals surface area contributed by atoms with Crippen molar-refractivity contribution in [2.45, 2.75) is 31.8 Å². The molecule has 1 fully saturated rings. The summed E-state index contributed by atoms with van der Waals surface area (Å²) in [6.07, 6.45) is 1.99. The lowest BCUT2D eigenvalue weighted by atomic mass is 9.93. The minimum atomic E-state index is -0.541. The van der Waals surface area contributed by atoms with Gasteiger partial charge in [-0.15, -0.1) is 0 Å². The summed E-state index contributed by atoms with van der Waals surface area (Å²) >= 11 is 0. The largest absolute Gasteiger partial charge is 0.493 e. The zero-order chi connectivity index (χ0) is 21.5. The van der Waals surface area contributed by atoms with Gasteiger partial charge in [-0.1, -0.05) is 0 Å². The molecule has 0 bridgehead atoms. The predicted molar refractivity (Wildman–Crippen MR) is 110 cm³/mol. The van der Waals surface area contributed by atoms with Gasteiger partial charge < -0.3 is 35.3 Å². The maximum absolute atomic E-state index is 12.8. The summed E-state index contributed by atoms with van der Waals surface area (Å²) in [5.74, 6) is 0.772. The number of methoxy groups -OCH3 is 1. The number of β-amino-alcohol motifs (C(OH)–C–C–N with tert-alkyl or cyclic N) is 1. The number of fused-ring (bicyclic) bond motifs is 1. The Kier molecular flexibility index (Phi) is 7.75. The highest BCUT2D eigenvalue weighted by molar-refractivity contribution is 5.98. The van der Waals surface area contributed by atoms with Crippen molar-refractivity contribution >= 4 is 11.8 Å². The average Bonchev–Trinajstić information content (AvgIpc) is 2.98. The number of piperidine rings is 1. The number of likely N-dealkylation sites (tertiary alicyclic amines) is 1. The highest BCUT2D eigenvalue weighted by Gasteiger charge is 2.29. The fraction of sp³-hybridized carbons (Fsp3) is 0.619. The van der Waals surface area contributed by atoms with Crippen LogP contribution < -0.4 is 25.3 Å². The Bertz CT molecular complexity index is 757. The number of nitrogens with one attached hydrogen (secondary N) is 1. The summed E-state index contributed by atoms with van der Waals surface area (Å²) in [7, 11) is 1.55. The highest BCUT2D eigenvalue weighted by atomic mass is 16.5. The Balaban J connectivity index is 1.55. The Hall–Kier alpha value is -2.52. The van der Waals surface area contributed by atoms with Gasteiger partial charge in [0.25, 0.3) is 5.91 Å². The van der Waals surface area contributed by atoms with E-state index in [4.69, 9.17) is 19.9 Å². The third-order valence-electron chi connectivity index (χ3n) is 5.55. The lowest BCUT2D eigenvalue weighted by molar-refractivity contribution is -0.118. The number of amides is 2. The van der Waals surface area contributed by atoms with Crippen LogP contribution >= 0.6 is 0 Å². The van der Waals surface area contributed by atoms with Gasteiger partial charge in [-0.25, -0.2) is 0 Å². The molecular weight excluding hydrogens is 390 g/mol. The number of nitrogens with zero attached hydrogens (tertiary/aromatic N) is 1. The van der Waals surface area contributed by atoms with Gasteiger partial charge in [-0.2, -0.15) is 0 Å². The topological polar surface area (TPSA) is 123 Å². The van der Waals surface area contributed by atoms with E-state index < -0.39 is 6.10 Å². The normalized spacial score (nSPS) is 21.5. The molecule has 0 aromatic heterocycles. The molecule has 0 aliphatic carbocycles. The van der Waals surface area contributed by atoms with Gasteiger partial charge in [-0.05, 0) is 38.1 Å². The zero-order valence-corrected chi connectivity index (χ0v) is 17.4. The first kappa shape index (κ1) is 22.2. The fourth-order valence-electron chi connectivity index (χ4n) is 3.85. The molecule has 2 aliphatic heterocycles. The molecule has 2 amide bonds. The molecule has 9 nitrogen and oxygen atoms in total. The Morgan fingerprint density at radius 1 is 1.30 bits per heavy atom. The van der Waals surface area contributed by atoms with E-state index in [0.29, 0.717) is 62.0 Å². The van der Waals surface area contributed by atoms with Crippen LogP contribution in [0.3, 0.4) is 0 Å². The quantitative estimate of drug-likeness (QED) is 0.560. The van der Waals surface area contributed by atoms with Crippen molar-refractivity contribution in [2.75, 3.05) is 46.5 Å². The predicted octanol–water partition coefficient (Wildman–Crippen LogP) is 0.535. The number of nitrogens with two attached hydrogens (primary N) is 1. The van der Waals surface area contributed by atoms with Crippen LogP contribution in [0.4, 0.5) is 0 Å². The molecule has 1 aromatic rings. The van der Waals surface area contributed by atoms with E-state index >= 15 is 0 Å². The lowest BCUT2D eigenvalue weighted by Gasteiger charge is -2.36. The second-order valence-electron chi connectivity index (χ2n) is 7.72. The van der Waals surface area contributed by atoms with Crippen molar-refractivity contribution in [1.29, 1.82) is 0 Å². The summed E-state index contributed by atoms with van der Waals surface area (Å²) in [5.41, 5.74) is 5.56. The molecule has 0 radical (unpaired) electrons. The van der Waals surface area contributed by atoms with Crippen molar-refractivity contribution in [3.63, 3.8) is 0 Å². The van der Waals surface area contributed by atoms with E-state index in [1.165, 1.54) is 0 Å². The van der Waals surface area contributed by atoms with Crippen LogP contribution in [0.25, 0.3) is 0 Å². The number of hydrogen-bond donors (Lipinski definition) is 3. The number of carbonyl (C=O) groups is 2. The van der Waals surface area contributed by atoms with Crippen LogP contribution in [0, 0.1) is 5.92 Å². The Labute approximate surface area is 176 Å². The van der Waals surface area contributed by atoms with E-state index in [1.54, 1.807) is 19.2 Å². The number of benzene rings is 1. The number of hydrogen-bond acceptors (Lipinski definition) is 7. The average molecular weight is 421 g/mol. The highest BCUT2D eigenvalue weighted by Crippen LogP contribution is 2.41. The van der Waals surface area contributed by atoms with Gasteiger partial charge in [0.1, 0.15) is 0 Å². The molecule has 2 aliphatic rings. The van der Waals surface area contributed by atoms with Gasteiger partial charge in [0.15, 0.2) is 11.5 Å². The lowest BCUT2D eigenvalue weighted by Crippen LogP contribution is -2.47. The molecule has 166 valence electrons. The van der Waals surface area contributed by atoms with Crippen LogP contribution in [0.2, 0.25) is 0 Å². The summed E-state index contributed by atoms with van der Waals surface area (Å²) < 4.78 is 16.8. The maximum atomic E-state index is 12.8. The van der Waals surface area contributed by atoms with E-state index in [2.05, 4.69) is 10.2 Å². The standard InChI is InChI=1S/C21H31N3O6/c1-28-17-6-5-15(19-20(17)30-11-3-10-29-19)21(27)23-12-14-7-9-24(13-16(14)25)8-2-4-18(22)26/h5-6,14,16,25H,2-4,7-13H2,1H3,(H2,22,26)(H,23,27)/t14-,16+/m0/s1. The second-order valence-corrected chi connectivity index (χ2v) is 7.72. The van der Waals surface area contributed by atoms with Gasteiger partial charge >= 0.3 is 0 Å². The number of primary amides is 1. The van der Waals surface area contributed by atoms with Crippen molar-refractivity contribution in [1.82, 2.24) is 10.2 Å². The third kappa shape index (κ3) is 5.54. The fourth-order valence-corrected chi connectivity index (χ4v) is 3.85. The molecule has 30 heavy (non-hydrogen) atoms.